The van der Waals surface area contributed by atoms with Gasteiger partial charge in [-0.3, -0.25) is 0 Å². The van der Waals surface area contributed by atoms with Gasteiger partial charge in [0.25, 0.3) is 9.05 Å². The number of nitrogens with one attached hydrogen (secondary N) is 2. The van der Waals surface area contributed by atoms with Crippen LogP contribution in [0.15, 0.2) is 47.4 Å². The molecule has 2 N–H and O–H groups in total. The van der Waals surface area contributed by atoms with E-state index in [0.29, 0.717) is 22.1 Å². The van der Waals surface area contributed by atoms with Crippen LogP contribution in [-0.4, -0.2) is 24.7 Å². The second-order valence-electron chi connectivity index (χ2n) is 8.62. The van der Waals surface area contributed by atoms with Gasteiger partial charge in [0.1, 0.15) is 5.75 Å². The highest BCUT2D eigenvalue weighted by molar-refractivity contribution is 8.13. The summed E-state index contributed by atoms with van der Waals surface area (Å²) in [6, 6.07) is 9.18. The Morgan fingerprint density at radius 3 is 2.21 bits per heavy atom. The number of imidazole rings is 1. The van der Waals surface area contributed by atoms with E-state index in [9.17, 15) is 21.6 Å². The summed E-state index contributed by atoms with van der Waals surface area (Å²) < 4.78 is 62.8. The molecule has 11 heteroatoms. The lowest BCUT2D eigenvalue weighted by atomic mass is 9.78. The maximum atomic E-state index is 12.1. The fraction of sp³-hybridized carbons (Fsp3) is 0.409. The van der Waals surface area contributed by atoms with E-state index >= 15 is 0 Å². The van der Waals surface area contributed by atoms with Crippen molar-refractivity contribution in [1.82, 2.24) is 9.97 Å². The molecule has 3 aromatic rings. The third kappa shape index (κ3) is 7.82. The molecule has 0 amide bonds. The van der Waals surface area contributed by atoms with E-state index in [1.807, 2.05) is 0 Å². The van der Waals surface area contributed by atoms with E-state index < -0.39 is 15.4 Å². The van der Waals surface area contributed by atoms with Gasteiger partial charge in [-0.05, 0) is 60.7 Å². The van der Waals surface area contributed by atoms with Crippen LogP contribution in [0.2, 0.25) is 0 Å². The molecule has 0 atom stereocenters. The second-order valence-corrected chi connectivity index (χ2v) is 11.2. The molecule has 0 saturated heterocycles. The van der Waals surface area contributed by atoms with Crippen LogP contribution in [0.1, 0.15) is 46.0 Å². The zero-order valence-corrected chi connectivity index (χ0v) is 19.7. The summed E-state index contributed by atoms with van der Waals surface area (Å²) in [4.78, 5) is 6.97. The minimum atomic E-state index is -4.76. The normalized spacial score (nSPS) is 16.1. The van der Waals surface area contributed by atoms with Gasteiger partial charge in [0.05, 0.1) is 15.9 Å². The molecule has 1 aromatic heterocycles. The number of H-pyrrole nitrogens is 1. The summed E-state index contributed by atoms with van der Waals surface area (Å²) >= 11 is 0. The molecule has 4 rings (SSSR count). The fourth-order valence-electron chi connectivity index (χ4n) is 3.59. The Kier molecular flexibility index (Phi) is 7.48. The predicted molar refractivity (Wildman–Crippen MR) is 122 cm³/mol. The van der Waals surface area contributed by atoms with Crippen molar-refractivity contribution >= 4 is 42.4 Å². The lowest BCUT2D eigenvalue weighted by Gasteiger charge is -2.28. The monoisotopic (exact) mass is 503 g/mol. The molecule has 0 bridgehead atoms. The first kappa shape index (κ1) is 25.2. The lowest BCUT2D eigenvalue weighted by Crippen LogP contribution is -2.16. The largest absolute Gasteiger partial charge is 0.573 e. The van der Waals surface area contributed by atoms with Crippen molar-refractivity contribution < 1.29 is 26.3 Å². The molecule has 1 fully saturated rings. The van der Waals surface area contributed by atoms with E-state index in [1.54, 1.807) is 0 Å². The van der Waals surface area contributed by atoms with Crippen LogP contribution in [0.4, 0.5) is 24.8 Å². The summed E-state index contributed by atoms with van der Waals surface area (Å²) in [5.41, 5.74) is 2.06. The predicted octanol–water partition coefficient (Wildman–Crippen LogP) is 7.11. The molecule has 0 spiro atoms. The van der Waals surface area contributed by atoms with Gasteiger partial charge in [-0.25, -0.2) is 13.4 Å². The number of aromatic amines is 1. The highest BCUT2D eigenvalue weighted by atomic mass is 35.7. The standard InChI is InChI=1S/C14H9ClF3N3O3S.C8H16/c15-25(22,23)10-5-6-11-12(7-10)21-13(20-11)19-8-1-3-9(4-2-8)24-14(16,17)18;1-8(2)6-4-3-5-7-8/h1-7H,(H2,19,20,21);3-7H2,1-2H3. The quantitative estimate of drug-likeness (QED) is 0.371. The zero-order chi connectivity index (χ0) is 24.3. The summed E-state index contributed by atoms with van der Waals surface area (Å²) in [5, 5.41) is 2.86. The maximum absolute atomic E-state index is 12.1. The molecule has 1 heterocycles. The second kappa shape index (κ2) is 9.80. The van der Waals surface area contributed by atoms with E-state index in [0.717, 1.165) is 12.1 Å². The van der Waals surface area contributed by atoms with Gasteiger partial charge in [0.15, 0.2) is 0 Å². The number of hydrogen-bond acceptors (Lipinski definition) is 5. The molecule has 0 unspecified atom stereocenters. The summed E-state index contributed by atoms with van der Waals surface area (Å²) in [6.07, 6.45) is 2.55. The summed E-state index contributed by atoms with van der Waals surface area (Å²) in [7, 11) is 1.42. The topological polar surface area (TPSA) is 84.1 Å². The number of anilines is 2. The molecular weight excluding hydrogens is 479 g/mol. The SMILES string of the molecule is CC1(C)CCCCC1.O=S(=O)(Cl)c1ccc2nc(Nc3ccc(OC(F)(F)F)cc3)[nH]c2c1. The molecule has 180 valence electrons. The van der Waals surface area contributed by atoms with Crippen molar-refractivity contribution in [1.29, 1.82) is 0 Å². The third-order valence-electron chi connectivity index (χ3n) is 5.29. The highest BCUT2D eigenvalue weighted by Crippen LogP contribution is 2.34. The third-order valence-corrected chi connectivity index (χ3v) is 6.64. The van der Waals surface area contributed by atoms with Crippen LogP contribution in [-0.2, 0) is 9.05 Å². The van der Waals surface area contributed by atoms with Crippen LogP contribution in [0.5, 0.6) is 5.75 Å². The van der Waals surface area contributed by atoms with Crippen LogP contribution >= 0.6 is 10.7 Å². The Balaban J connectivity index is 0.000000323. The van der Waals surface area contributed by atoms with Crippen molar-refractivity contribution in [2.24, 2.45) is 5.41 Å². The number of ether oxygens (including phenoxy) is 1. The Morgan fingerprint density at radius 2 is 1.70 bits per heavy atom. The van der Waals surface area contributed by atoms with Crippen LogP contribution in [0.3, 0.4) is 0 Å². The zero-order valence-electron chi connectivity index (χ0n) is 18.2. The van der Waals surface area contributed by atoms with Gasteiger partial charge in [0, 0.05) is 16.4 Å². The number of halogens is 4. The van der Waals surface area contributed by atoms with E-state index in [4.69, 9.17) is 10.7 Å². The number of rotatable bonds is 4. The fourth-order valence-corrected chi connectivity index (χ4v) is 4.36. The number of benzene rings is 2. The Bertz CT molecular complexity index is 1190. The molecule has 0 aliphatic heterocycles. The van der Waals surface area contributed by atoms with Crippen molar-refractivity contribution in [3.63, 3.8) is 0 Å². The lowest BCUT2D eigenvalue weighted by molar-refractivity contribution is -0.274. The van der Waals surface area contributed by atoms with Crippen molar-refractivity contribution in [2.45, 2.75) is 57.2 Å². The molecule has 0 radical (unpaired) electrons. The van der Waals surface area contributed by atoms with Gasteiger partial charge >= 0.3 is 6.36 Å². The maximum Gasteiger partial charge on any atom is 0.573 e. The smallest absolute Gasteiger partial charge is 0.406 e. The van der Waals surface area contributed by atoms with E-state index in [-0.39, 0.29) is 16.6 Å². The van der Waals surface area contributed by atoms with Gasteiger partial charge in [0.2, 0.25) is 5.95 Å². The number of fused-ring (bicyclic) bond motifs is 1. The Morgan fingerprint density at radius 1 is 1.06 bits per heavy atom. The number of nitrogens with zero attached hydrogens (tertiary/aromatic N) is 1. The molecule has 2 aromatic carbocycles. The molecule has 6 nitrogen and oxygen atoms in total. The molecule has 1 aliphatic carbocycles. The Hall–Kier alpha value is -2.46. The molecule has 33 heavy (non-hydrogen) atoms. The number of hydrogen-bond donors (Lipinski definition) is 2. The molecular formula is C22H25ClF3N3O3S. The first-order chi connectivity index (χ1) is 15.3. The first-order valence-electron chi connectivity index (χ1n) is 10.4. The molecule has 1 saturated carbocycles. The summed E-state index contributed by atoms with van der Waals surface area (Å²) in [5.74, 6) is -0.0665. The Labute approximate surface area is 194 Å². The van der Waals surface area contributed by atoms with Gasteiger partial charge in [-0.15, -0.1) is 13.2 Å². The van der Waals surface area contributed by atoms with Crippen LogP contribution in [0, 0.1) is 5.41 Å². The first-order valence-corrected chi connectivity index (χ1v) is 12.7. The van der Waals surface area contributed by atoms with Crippen molar-refractivity contribution in [3.05, 3.63) is 42.5 Å². The van der Waals surface area contributed by atoms with E-state index in [2.05, 4.69) is 33.9 Å². The highest BCUT2D eigenvalue weighted by Gasteiger charge is 2.31. The average molecular weight is 504 g/mol. The summed E-state index contributed by atoms with van der Waals surface area (Å²) in [6.45, 7) is 4.76. The average Bonchev–Trinajstić information content (AvgIpc) is 3.09. The van der Waals surface area contributed by atoms with Gasteiger partial charge < -0.3 is 15.0 Å². The minimum Gasteiger partial charge on any atom is -0.406 e. The van der Waals surface area contributed by atoms with Crippen molar-refractivity contribution in [3.8, 4) is 5.75 Å². The van der Waals surface area contributed by atoms with Crippen LogP contribution < -0.4 is 10.1 Å². The number of alkyl halides is 3. The van der Waals surface area contributed by atoms with Crippen LogP contribution in [0.25, 0.3) is 11.0 Å². The molecule has 1 aliphatic rings. The van der Waals surface area contributed by atoms with Gasteiger partial charge in [-0.1, -0.05) is 33.1 Å². The minimum absolute atomic E-state index is 0.0782. The van der Waals surface area contributed by atoms with Crippen molar-refractivity contribution in [2.75, 3.05) is 5.32 Å². The van der Waals surface area contributed by atoms with E-state index in [1.165, 1.54) is 62.4 Å². The van der Waals surface area contributed by atoms with Gasteiger partial charge in [-0.2, -0.15) is 0 Å². The number of aromatic nitrogens is 2.